The van der Waals surface area contributed by atoms with Gasteiger partial charge in [-0.15, -0.1) is 0 Å². The van der Waals surface area contributed by atoms with Crippen molar-refractivity contribution in [3.05, 3.63) is 57.4 Å². The predicted octanol–water partition coefficient (Wildman–Crippen LogP) is 3.62. The highest BCUT2D eigenvalue weighted by Gasteiger charge is 2.15. The molecule has 0 saturated carbocycles. The lowest BCUT2D eigenvalue weighted by Crippen LogP contribution is -2.02. The van der Waals surface area contributed by atoms with Crippen LogP contribution in [0.4, 0.5) is 4.39 Å². The maximum absolute atomic E-state index is 12.8. The molecule has 0 atom stereocenters. The van der Waals surface area contributed by atoms with Crippen molar-refractivity contribution in [3.63, 3.8) is 0 Å². The summed E-state index contributed by atoms with van der Waals surface area (Å²) in [6, 6.07) is 6.48. The van der Waals surface area contributed by atoms with E-state index >= 15 is 0 Å². The fourth-order valence-electron chi connectivity index (χ4n) is 2.00. The lowest BCUT2D eigenvalue weighted by Gasteiger charge is -2.05. The Morgan fingerprint density at radius 1 is 1.28 bits per heavy atom. The van der Waals surface area contributed by atoms with Gasteiger partial charge in [0.15, 0.2) is 0 Å². The largest absolute Gasteiger partial charge is 0.346 e. The summed E-state index contributed by atoms with van der Waals surface area (Å²) < 4.78 is 13.5. The summed E-state index contributed by atoms with van der Waals surface area (Å²) in [5.41, 5.74) is 3.38. The molecule has 0 aliphatic carbocycles. The molecule has 1 aromatic heterocycles. The van der Waals surface area contributed by atoms with Gasteiger partial charge in [0.1, 0.15) is 16.3 Å². The van der Waals surface area contributed by atoms with Gasteiger partial charge < -0.3 is 4.98 Å². The predicted molar refractivity (Wildman–Crippen MR) is 73.6 cm³/mol. The van der Waals surface area contributed by atoms with E-state index in [1.54, 1.807) is 12.1 Å². The molecule has 2 heterocycles. The molecule has 1 aliphatic rings. The molecule has 1 aromatic carbocycles. The molecule has 1 N–H and O–H groups in total. The number of aromatic nitrogens is 2. The Labute approximate surface area is 114 Å². The molecule has 2 aromatic rings. The van der Waals surface area contributed by atoms with Crippen molar-refractivity contribution >= 4 is 24.0 Å². The number of thioether (sulfide) groups is 1. The lowest BCUT2D eigenvalue weighted by molar-refractivity contribution is 0.627. The van der Waals surface area contributed by atoms with Crippen LogP contribution in [0.25, 0.3) is 0 Å². The minimum atomic E-state index is -0.218. The van der Waals surface area contributed by atoms with Crippen LogP contribution in [0.2, 0.25) is 0 Å². The lowest BCUT2D eigenvalue weighted by atomic mass is 10.1. The SMILES string of the molecule is Fc1ccc(Cc2nc(=S)c3c([nH]2)CSC3)cc1. The number of hydrogen-bond acceptors (Lipinski definition) is 3. The van der Waals surface area contributed by atoms with Crippen LogP contribution in [0.1, 0.15) is 22.6 Å². The molecule has 5 heteroatoms. The summed E-state index contributed by atoms with van der Waals surface area (Å²) in [5, 5.41) is 0. The first kappa shape index (κ1) is 11.9. The average molecular weight is 278 g/mol. The summed E-state index contributed by atoms with van der Waals surface area (Å²) >= 11 is 7.15. The monoisotopic (exact) mass is 278 g/mol. The van der Waals surface area contributed by atoms with Crippen LogP contribution >= 0.6 is 24.0 Å². The third-order valence-corrected chi connectivity index (χ3v) is 4.26. The highest BCUT2D eigenvalue weighted by molar-refractivity contribution is 7.98. The number of nitrogens with zero attached hydrogens (tertiary/aromatic N) is 1. The van der Waals surface area contributed by atoms with Gasteiger partial charge in [0.05, 0.1) is 0 Å². The number of H-pyrrole nitrogens is 1. The molecule has 0 spiro atoms. The Bertz CT molecular complexity index is 634. The Hall–Kier alpha value is -1.20. The molecule has 0 saturated heterocycles. The zero-order valence-corrected chi connectivity index (χ0v) is 11.2. The summed E-state index contributed by atoms with van der Waals surface area (Å²) in [4.78, 5) is 7.75. The van der Waals surface area contributed by atoms with Crippen molar-refractivity contribution in [2.45, 2.75) is 17.9 Å². The summed E-state index contributed by atoms with van der Waals surface area (Å²) in [5.74, 6) is 2.56. The quantitative estimate of drug-likeness (QED) is 0.851. The zero-order chi connectivity index (χ0) is 12.5. The van der Waals surface area contributed by atoms with E-state index in [2.05, 4.69) is 9.97 Å². The molecular weight excluding hydrogens is 267 g/mol. The fraction of sp³-hybridized carbons (Fsp3) is 0.231. The zero-order valence-electron chi connectivity index (χ0n) is 9.57. The van der Waals surface area contributed by atoms with Crippen LogP contribution in [0.3, 0.4) is 0 Å². The van der Waals surface area contributed by atoms with E-state index in [9.17, 15) is 4.39 Å². The van der Waals surface area contributed by atoms with Gasteiger partial charge in [-0.25, -0.2) is 9.37 Å². The third-order valence-electron chi connectivity index (χ3n) is 2.93. The Morgan fingerprint density at radius 3 is 2.83 bits per heavy atom. The molecule has 0 unspecified atom stereocenters. The van der Waals surface area contributed by atoms with Crippen LogP contribution < -0.4 is 0 Å². The number of rotatable bonds is 2. The molecule has 3 rings (SSSR count). The van der Waals surface area contributed by atoms with Crippen molar-refractivity contribution in [2.24, 2.45) is 0 Å². The van der Waals surface area contributed by atoms with E-state index in [1.807, 2.05) is 11.8 Å². The van der Waals surface area contributed by atoms with E-state index in [4.69, 9.17) is 12.2 Å². The van der Waals surface area contributed by atoms with Gasteiger partial charge in [-0.3, -0.25) is 0 Å². The maximum Gasteiger partial charge on any atom is 0.134 e. The second kappa shape index (κ2) is 4.82. The topological polar surface area (TPSA) is 28.7 Å². The van der Waals surface area contributed by atoms with Crippen molar-refractivity contribution in [3.8, 4) is 0 Å². The number of benzene rings is 1. The van der Waals surface area contributed by atoms with Crippen molar-refractivity contribution in [2.75, 3.05) is 0 Å². The van der Waals surface area contributed by atoms with Crippen LogP contribution in [-0.2, 0) is 17.9 Å². The van der Waals surface area contributed by atoms with E-state index in [0.717, 1.165) is 28.5 Å². The van der Waals surface area contributed by atoms with Crippen molar-refractivity contribution < 1.29 is 4.39 Å². The van der Waals surface area contributed by atoms with Gasteiger partial charge in [0.25, 0.3) is 0 Å². The first-order valence-corrected chi connectivity index (χ1v) is 7.22. The molecule has 92 valence electrons. The second-order valence-corrected chi connectivity index (χ2v) is 5.61. The number of nitrogens with one attached hydrogen (secondary N) is 1. The molecule has 2 nitrogen and oxygen atoms in total. The number of hydrogen-bond donors (Lipinski definition) is 1. The van der Waals surface area contributed by atoms with Gasteiger partial charge in [-0.2, -0.15) is 11.8 Å². The molecular formula is C13H11FN2S2. The average Bonchev–Trinajstić information content (AvgIpc) is 2.81. The second-order valence-electron chi connectivity index (χ2n) is 4.24. The summed E-state index contributed by atoms with van der Waals surface area (Å²) in [7, 11) is 0. The third kappa shape index (κ3) is 2.33. The first-order chi connectivity index (χ1) is 8.72. The van der Waals surface area contributed by atoms with E-state index in [0.29, 0.717) is 11.1 Å². The molecule has 1 aliphatic heterocycles. The Balaban J connectivity index is 1.92. The minimum Gasteiger partial charge on any atom is -0.346 e. The highest BCUT2D eigenvalue weighted by atomic mass is 32.2. The number of halogens is 1. The minimum absolute atomic E-state index is 0.218. The molecule has 0 amide bonds. The normalized spacial score (nSPS) is 13.6. The van der Waals surface area contributed by atoms with Crippen LogP contribution in [0.15, 0.2) is 24.3 Å². The van der Waals surface area contributed by atoms with Gasteiger partial charge in [0.2, 0.25) is 0 Å². The van der Waals surface area contributed by atoms with Crippen molar-refractivity contribution in [1.82, 2.24) is 9.97 Å². The van der Waals surface area contributed by atoms with Gasteiger partial charge in [-0.1, -0.05) is 24.4 Å². The summed E-state index contributed by atoms with van der Waals surface area (Å²) in [6.07, 6.45) is 0.655. The first-order valence-electron chi connectivity index (χ1n) is 5.65. The van der Waals surface area contributed by atoms with Crippen LogP contribution in [0, 0.1) is 10.5 Å². The highest BCUT2D eigenvalue weighted by Crippen LogP contribution is 2.28. The number of aromatic amines is 1. The maximum atomic E-state index is 12.8. The fourth-order valence-corrected chi connectivity index (χ4v) is 3.47. The van der Waals surface area contributed by atoms with Crippen LogP contribution in [-0.4, -0.2) is 9.97 Å². The molecule has 0 fully saturated rings. The molecule has 0 bridgehead atoms. The van der Waals surface area contributed by atoms with E-state index in [1.165, 1.54) is 17.8 Å². The van der Waals surface area contributed by atoms with Crippen LogP contribution in [0.5, 0.6) is 0 Å². The number of fused-ring (bicyclic) bond motifs is 1. The van der Waals surface area contributed by atoms with Crippen molar-refractivity contribution in [1.29, 1.82) is 0 Å². The molecule has 0 radical (unpaired) electrons. The smallest absolute Gasteiger partial charge is 0.134 e. The molecule has 18 heavy (non-hydrogen) atoms. The Morgan fingerprint density at radius 2 is 2.06 bits per heavy atom. The van der Waals surface area contributed by atoms with Gasteiger partial charge in [-0.05, 0) is 17.7 Å². The van der Waals surface area contributed by atoms with Gasteiger partial charge >= 0.3 is 0 Å². The standard InChI is InChI=1S/C13H11FN2S2/c14-9-3-1-8(2-4-9)5-12-15-11-7-18-6-10(11)13(17)16-12/h1-4H,5-7H2,(H,15,16,17). The van der Waals surface area contributed by atoms with E-state index in [-0.39, 0.29) is 5.82 Å². The summed E-state index contributed by atoms with van der Waals surface area (Å²) in [6.45, 7) is 0. The van der Waals surface area contributed by atoms with Gasteiger partial charge in [0, 0.05) is 29.2 Å². The Kier molecular flexibility index (Phi) is 3.18. The van der Waals surface area contributed by atoms with E-state index < -0.39 is 0 Å².